The number of nitrogens with zero attached hydrogens (tertiary/aromatic N) is 1. The molecule has 3 aromatic carbocycles. The number of hydrogen-bond donors (Lipinski definition) is 1. The van der Waals surface area contributed by atoms with Crippen molar-refractivity contribution in [3.63, 3.8) is 0 Å². The summed E-state index contributed by atoms with van der Waals surface area (Å²) in [5.74, 6) is -1.25. The molecule has 160 valence electrons. The Hall–Kier alpha value is -3.77. The zero-order chi connectivity index (χ0) is 22.8. The second kappa shape index (κ2) is 8.77. The van der Waals surface area contributed by atoms with Crippen molar-refractivity contribution in [2.75, 3.05) is 5.32 Å². The number of carbonyl (C=O) groups excluding carboxylic acids is 2. The van der Waals surface area contributed by atoms with Crippen molar-refractivity contribution in [2.24, 2.45) is 0 Å². The van der Waals surface area contributed by atoms with Gasteiger partial charge in [0.1, 0.15) is 12.4 Å². The lowest BCUT2D eigenvalue weighted by Crippen LogP contribution is -2.24. The zero-order valence-electron chi connectivity index (χ0n) is 17.1. The summed E-state index contributed by atoms with van der Waals surface area (Å²) in [5, 5.41) is 3.26. The lowest BCUT2D eigenvalue weighted by molar-refractivity contribution is -0.116. The van der Waals surface area contributed by atoms with Crippen molar-refractivity contribution in [2.45, 2.75) is 13.5 Å². The fourth-order valence-electron chi connectivity index (χ4n) is 3.41. The number of ketones is 1. The van der Waals surface area contributed by atoms with Crippen molar-refractivity contribution in [3.8, 4) is 0 Å². The number of carbonyl (C=O) groups is 2. The van der Waals surface area contributed by atoms with Gasteiger partial charge in [0.25, 0.3) is 0 Å². The van der Waals surface area contributed by atoms with Crippen LogP contribution in [-0.2, 0) is 11.3 Å². The first-order chi connectivity index (χ1) is 15.3. The SMILES string of the molecule is Cc1ccc(C(=O)c2cn(CC(=O)Nc3ccc(F)cc3)c3ccc(Cl)cc3c2=O)cc1. The Labute approximate surface area is 188 Å². The third kappa shape index (κ3) is 4.45. The van der Waals surface area contributed by atoms with Crippen molar-refractivity contribution in [1.29, 1.82) is 0 Å². The molecule has 32 heavy (non-hydrogen) atoms. The molecule has 1 heterocycles. The molecule has 7 heteroatoms. The molecule has 1 N–H and O–H groups in total. The van der Waals surface area contributed by atoms with Crippen LogP contribution in [0.15, 0.2) is 77.7 Å². The normalized spacial score (nSPS) is 10.8. The first kappa shape index (κ1) is 21.5. The number of benzene rings is 3. The number of rotatable bonds is 5. The molecule has 0 aliphatic carbocycles. The standard InChI is InChI=1S/C25H18ClFN2O3/c1-15-2-4-16(5-3-15)24(31)21-13-29(22-11-6-17(26)12-20(22)25(21)32)14-23(30)28-19-9-7-18(27)8-10-19/h2-13H,14H2,1H3,(H,28,30). The predicted molar refractivity (Wildman–Crippen MR) is 123 cm³/mol. The lowest BCUT2D eigenvalue weighted by atomic mass is 10.0. The van der Waals surface area contributed by atoms with Crippen molar-refractivity contribution >= 4 is 39.9 Å². The number of halogens is 2. The van der Waals surface area contributed by atoms with Crippen LogP contribution in [0, 0.1) is 12.7 Å². The first-order valence-electron chi connectivity index (χ1n) is 9.81. The van der Waals surface area contributed by atoms with Gasteiger partial charge in [-0.2, -0.15) is 0 Å². The smallest absolute Gasteiger partial charge is 0.244 e. The second-order valence-electron chi connectivity index (χ2n) is 7.41. The summed E-state index contributed by atoms with van der Waals surface area (Å²) in [7, 11) is 0. The van der Waals surface area contributed by atoms with E-state index >= 15 is 0 Å². The van der Waals surface area contributed by atoms with Gasteiger partial charge in [0.2, 0.25) is 11.3 Å². The Bertz CT molecular complexity index is 1390. The van der Waals surface area contributed by atoms with Gasteiger partial charge in [0.05, 0.1) is 11.1 Å². The summed E-state index contributed by atoms with van der Waals surface area (Å²) in [6.07, 6.45) is 1.39. The summed E-state index contributed by atoms with van der Waals surface area (Å²) < 4.78 is 14.6. The van der Waals surface area contributed by atoms with E-state index in [0.717, 1.165) is 5.56 Å². The van der Waals surface area contributed by atoms with Crippen LogP contribution in [0.5, 0.6) is 0 Å². The van der Waals surface area contributed by atoms with E-state index in [0.29, 0.717) is 21.8 Å². The Morgan fingerprint density at radius 1 is 1.00 bits per heavy atom. The van der Waals surface area contributed by atoms with Gasteiger partial charge < -0.3 is 9.88 Å². The van der Waals surface area contributed by atoms with Crippen LogP contribution in [0.1, 0.15) is 21.5 Å². The number of nitrogens with one attached hydrogen (secondary N) is 1. The van der Waals surface area contributed by atoms with Crippen LogP contribution in [0.2, 0.25) is 5.02 Å². The van der Waals surface area contributed by atoms with Crippen LogP contribution in [0.4, 0.5) is 10.1 Å². The van der Waals surface area contributed by atoms with Crippen molar-refractivity contribution < 1.29 is 14.0 Å². The van der Waals surface area contributed by atoms with Crippen molar-refractivity contribution in [1.82, 2.24) is 4.57 Å². The van der Waals surface area contributed by atoms with E-state index in [1.807, 2.05) is 6.92 Å². The van der Waals surface area contributed by atoms with Gasteiger partial charge in [-0.25, -0.2) is 4.39 Å². The highest BCUT2D eigenvalue weighted by molar-refractivity contribution is 6.31. The van der Waals surface area contributed by atoms with Gasteiger partial charge >= 0.3 is 0 Å². The third-order valence-corrected chi connectivity index (χ3v) is 5.28. The summed E-state index contributed by atoms with van der Waals surface area (Å²) in [5.41, 5.74) is 1.74. The van der Waals surface area contributed by atoms with E-state index in [9.17, 15) is 18.8 Å². The van der Waals surface area contributed by atoms with E-state index in [4.69, 9.17) is 11.6 Å². The molecule has 0 fully saturated rings. The summed E-state index contributed by atoms with van der Waals surface area (Å²) >= 11 is 6.09. The second-order valence-corrected chi connectivity index (χ2v) is 7.85. The largest absolute Gasteiger partial charge is 0.337 e. The van der Waals surface area contributed by atoms with E-state index < -0.39 is 22.9 Å². The molecular formula is C25H18ClFN2O3. The summed E-state index contributed by atoms with van der Waals surface area (Å²) in [6, 6.07) is 17.0. The zero-order valence-corrected chi connectivity index (χ0v) is 17.8. The minimum atomic E-state index is -0.455. The average Bonchev–Trinajstić information content (AvgIpc) is 2.77. The fourth-order valence-corrected chi connectivity index (χ4v) is 3.58. The number of anilines is 1. The Balaban J connectivity index is 1.75. The number of hydrogen-bond acceptors (Lipinski definition) is 3. The highest BCUT2D eigenvalue weighted by Crippen LogP contribution is 2.19. The van der Waals surface area contributed by atoms with Crippen LogP contribution in [0.25, 0.3) is 10.9 Å². The van der Waals surface area contributed by atoms with Gasteiger partial charge in [-0.3, -0.25) is 14.4 Å². The first-order valence-corrected chi connectivity index (χ1v) is 10.2. The molecule has 0 saturated carbocycles. The van der Waals surface area contributed by atoms with Gasteiger partial charge in [-0.1, -0.05) is 41.4 Å². The molecule has 4 aromatic rings. The minimum absolute atomic E-state index is 0.0572. The molecule has 0 spiro atoms. The van der Waals surface area contributed by atoms with Crippen molar-refractivity contribution in [3.05, 3.63) is 111 Å². The third-order valence-electron chi connectivity index (χ3n) is 5.04. The fraction of sp³-hybridized carbons (Fsp3) is 0.0800. The quantitative estimate of drug-likeness (QED) is 0.438. The maximum absolute atomic E-state index is 13.1. The minimum Gasteiger partial charge on any atom is -0.337 e. The highest BCUT2D eigenvalue weighted by atomic mass is 35.5. The summed E-state index contributed by atoms with van der Waals surface area (Å²) in [4.78, 5) is 38.8. The molecule has 0 unspecified atom stereocenters. The average molecular weight is 449 g/mol. The molecule has 0 bridgehead atoms. The van der Waals surface area contributed by atoms with Crippen LogP contribution in [-0.4, -0.2) is 16.3 Å². The molecule has 1 aromatic heterocycles. The molecular weight excluding hydrogens is 431 g/mol. The molecule has 0 radical (unpaired) electrons. The van der Waals surface area contributed by atoms with E-state index in [-0.39, 0.29) is 17.5 Å². The Morgan fingerprint density at radius 3 is 2.38 bits per heavy atom. The Morgan fingerprint density at radius 2 is 1.69 bits per heavy atom. The maximum atomic E-state index is 13.1. The van der Waals surface area contributed by atoms with Crippen LogP contribution >= 0.6 is 11.6 Å². The number of fused-ring (bicyclic) bond motifs is 1. The molecule has 5 nitrogen and oxygen atoms in total. The number of aryl methyl sites for hydroxylation is 1. The van der Waals surface area contributed by atoms with Gasteiger partial charge in [-0.05, 0) is 49.4 Å². The lowest BCUT2D eigenvalue weighted by Gasteiger charge is -2.14. The molecule has 0 aliphatic rings. The summed E-state index contributed by atoms with van der Waals surface area (Å²) in [6.45, 7) is 1.74. The predicted octanol–water partition coefficient (Wildman–Crippen LogP) is 4.97. The molecule has 0 saturated heterocycles. The number of amides is 1. The topological polar surface area (TPSA) is 68.2 Å². The highest BCUT2D eigenvalue weighted by Gasteiger charge is 2.18. The molecule has 0 atom stereocenters. The number of aromatic nitrogens is 1. The van der Waals surface area contributed by atoms with E-state index in [1.54, 1.807) is 36.4 Å². The number of pyridine rings is 1. The maximum Gasteiger partial charge on any atom is 0.244 e. The molecule has 4 rings (SSSR count). The molecule has 1 amide bonds. The van der Waals surface area contributed by atoms with Gasteiger partial charge in [0.15, 0.2) is 5.78 Å². The monoisotopic (exact) mass is 448 g/mol. The van der Waals surface area contributed by atoms with E-state index in [1.165, 1.54) is 41.1 Å². The van der Waals surface area contributed by atoms with Crippen LogP contribution < -0.4 is 10.7 Å². The Kier molecular flexibility index (Phi) is 5.88. The van der Waals surface area contributed by atoms with Gasteiger partial charge in [0, 0.05) is 27.9 Å². The molecule has 0 aliphatic heterocycles. The van der Waals surface area contributed by atoms with E-state index in [2.05, 4.69) is 5.32 Å². The van der Waals surface area contributed by atoms with Crippen LogP contribution in [0.3, 0.4) is 0 Å². The van der Waals surface area contributed by atoms with Gasteiger partial charge in [-0.15, -0.1) is 0 Å².